The molecule has 0 bridgehead atoms. The predicted molar refractivity (Wildman–Crippen MR) is 72.0 cm³/mol. The summed E-state index contributed by atoms with van der Waals surface area (Å²) in [5.74, 6) is 0.0780. The highest BCUT2D eigenvalue weighted by Crippen LogP contribution is 2.31. The number of nitrogens with two attached hydrogens (primary N) is 1. The van der Waals surface area contributed by atoms with Crippen LogP contribution < -0.4 is 5.73 Å². The monoisotopic (exact) mass is 322 g/mol. The smallest absolute Gasteiger partial charge is 0.328 e. The maximum atomic E-state index is 12.5. The Kier molecular flexibility index (Phi) is 4.32. The summed E-state index contributed by atoms with van der Waals surface area (Å²) in [7, 11) is -3.76. The predicted octanol–water partition coefficient (Wildman–Crippen LogP) is 2.06. The van der Waals surface area contributed by atoms with Crippen molar-refractivity contribution in [3.8, 4) is 0 Å². The largest absolute Gasteiger partial charge is 0.416 e. The van der Waals surface area contributed by atoms with Crippen LogP contribution in [0.1, 0.15) is 18.9 Å². The topological polar surface area (TPSA) is 63.4 Å². The maximum absolute atomic E-state index is 12.5. The van der Waals surface area contributed by atoms with E-state index >= 15 is 0 Å². The first-order valence-corrected chi connectivity index (χ1v) is 7.99. The van der Waals surface area contributed by atoms with Crippen LogP contribution in [0.15, 0.2) is 29.2 Å². The zero-order valence-electron chi connectivity index (χ0n) is 11.5. The van der Waals surface area contributed by atoms with E-state index < -0.39 is 21.8 Å². The number of hydrogen-bond acceptors (Lipinski definition) is 3. The second-order valence-electron chi connectivity index (χ2n) is 5.29. The van der Waals surface area contributed by atoms with Gasteiger partial charge in [0.05, 0.1) is 10.5 Å². The molecule has 1 aromatic rings. The molecule has 2 rings (SSSR count). The Balaban J connectivity index is 2.21. The lowest BCUT2D eigenvalue weighted by Gasteiger charge is -2.18. The van der Waals surface area contributed by atoms with E-state index in [1.165, 1.54) is 4.31 Å². The number of hydrogen-bond donors (Lipinski definition) is 1. The summed E-state index contributed by atoms with van der Waals surface area (Å²) in [6.45, 7) is 2.47. The van der Waals surface area contributed by atoms with Crippen molar-refractivity contribution < 1.29 is 21.6 Å². The fourth-order valence-electron chi connectivity index (χ4n) is 2.37. The summed E-state index contributed by atoms with van der Waals surface area (Å²) < 4.78 is 63.5. The van der Waals surface area contributed by atoms with E-state index in [2.05, 4.69) is 0 Å². The molecule has 8 heteroatoms. The second kappa shape index (κ2) is 5.58. The van der Waals surface area contributed by atoms with Gasteiger partial charge in [0.2, 0.25) is 10.0 Å². The van der Waals surface area contributed by atoms with Crippen molar-refractivity contribution in [3.05, 3.63) is 29.8 Å². The number of rotatable bonds is 3. The lowest BCUT2D eigenvalue weighted by molar-refractivity contribution is -0.137. The molecule has 2 unspecified atom stereocenters. The molecule has 1 aromatic carbocycles. The second-order valence-corrected chi connectivity index (χ2v) is 7.23. The van der Waals surface area contributed by atoms with Crippen molar-refractivity contribution in [2.75, 3.05) is 13.1 Å². The molecule has 21 heavy (non-hydrogen) atoms. The zero-order chi connectivity index (χ0) is 15.8. The van der Waals surface area contributed by atoms with Crippen molar-refractivity contribution in [2.24, 2.45) is 11.7 Å². The minimum atomic E-state index is -4.48. The number of alkyl halides is 3. The van der Waals surface area contributed by atoms with Gasteiger partial charge >= 0.3 is 6.18 Å². The molecule has 1 fully saturated rings. The van der Waals surface area contributed by atoms with Crippen LogP contribution in [-0.2, 0) is 16.2 Å². The Hall–Kier alpha value is -1.12. The first kappa shape index (κ1) is 16.3. The zero-order valence-corrected chi connectivity index (χ0v) is 12.3. The van der Waals surface area contributed by atoms with Gasteiger partial charge in [0, 0.05) is 19.1 Å². The third kappa shape index (κ3) is 3.38. The maximum Gasteiger partial charge on any atom is 0.416 e. The van der Waals surface area contributed by atoms with E-state index in [1.807, 2.05) is 6.92 Å². The van der Waals surface area contributed by atoms with Crippen LogP contribution in [0.5, 0.6) is 0 Å². The van der Waals surface area contributed by atoms with Gasteiger partial charge in [-0.3, -0.25) is 0 Å². The van der Waals surface area contributed by atoms with Gasteiger partial charge in [0.25, 0.3) is 0 Å². The quantitative estimate of drug-likeness (QED) is 0.926. The van der Waals surface area contributed by atoms with Crippen molar-refractivity contribution in [2.45, 2.75) is 30.5 Å². The Morgan fingerprint density at radius 3 is 2.29 bits per heavy atom. The third-order valence-corrected chi connectivity index (χ3v) is 5.63. The van der Waals surface area contributed by atoms with Gasteiger partial charge in [0.15, 0.2) is 0 Å². The molecule has 0 aromatic heterocycles. The van der Waals surface area contributed by atoms with Gasteiger partial charge in [-0.05, 0) is 43.5 Å². The van der Waals surface area contributed by atoms with Gasteiger partial charge in [-0.25, -0.2) is 8.42 Å². The highest BCUT2D eigenvalue weighted by molar-refractivity contribution is 7.89. The summed E-state index contributed by atoms with van der Waals surface area (Å²) in [5, 5.41) is 0. The third-order valence-electron chi connectivity index (χ3n) is 3.75. The van der Waals surface area contributed by atoms with Gasteiger partial charge in [-0.15, -0.1) is 0 Å². The van der Waals surface area contributed by atoms with Gasteiger partial charge in [0.1, 0.15) is 0 Å². The molecule has 1 aliphatic rings. The van der Waals surface area contributed by atoms with Crippen LogP contribution in [0.25, 0.3) is 0 Å². The molecule has 2 atom stereocenters. The molecule has 0 spiro atoms. The number of sulfonamides is 1. The Morgan fingerprint density at radius 1 is 1.29 bits per heavy atom. The van der Waals surface area contributed by atoms with E-state index in [0.29, 0.717) is 19.5 Å². The minimum absolute atomic E-state index is 0.0780. The summed E-state index contributed by atoms with van der Waals surface area (Å²) in [4.78, 5) is -0.124. The normalized spacial score (nSPS) is 22.4. The molecular formula is C13H17F3N2O2S. The summed E-state index contributed by atoms with van der Waals surface area (Å²) in [6.07, 6.45) is -3.81. The highest BCUT2D eigenvalue weighted by atomic mass is 32.2. The lowest BCUT2D eigenvalue weighted by atomic mass is 10.0. The van der Waals surface area contributed by atoms with Crippen LogP contribution >= 0.6 is 0 Å². The van der Waals surface area contributed by atoms with Crippen molar-refractivity contribution in [1.82, 2.24) is 4.31 Å². The highest BCUT2D eigenvalue weighted by Gasteiger charge is 2.35. The Morgan fingerprint density at radius 2 is 1.86 bits per heavy atom. The number of nitrogens with zero attached hydrogens (tertiary/aromatic N) is 1. The van der Waals surface area contributed by atoms with Crippen molar-refractivity contribution in [1.29, 1.82) is 0 Å². The lowest BCUT2D eigenvalue weighted by Crippen LogP contribution is -2.33. The van der Waals surface area contributed by atoms with E-state index in [-0.39, 0.29) is 16.9 Å². The van der Waals surface area contributed by atoms with E-state index in [9.17, 15) is 21.6 Å². The van der Waals surface area contributed by atoms with E-state index in [0.717, 1.165) is 24.3 Å². The number of halogens is 3. The fourth-order valence-corrected chi connectivity index (χ4v) is 3.88. The molecule has 0 amide bonds. The first-order valence-electron chi connectivity index (χ1n) is 6.55. The molecule has 4 nitrogen and oxygen atoms in total. The molecular weight excluding hydrogens is 305 g/mol. The van der Waals surface area contributed by atoms with Crippen LogP contribution in [0.3, 0.4) is 0 Å². The Bertz CT molecular complexity index is 597. The first-order chi connectivity index (χ1) is 9.62. The molecule has 1 heterocycles. The van der Waals surface area contributed by atoms with Gasteiger partial charge in [-0.1, -0.05) is 0 Å². The fraction of sp³-hybridized carbons (Fsp3) is 0.538. The SMILES string of the molecule is CC(N)C1CCN(S(=O)(=O)c2ccc(C(F)(F)F)cc2)C1. The van der Waals surface area contributed by atoms with Crippen LogP contribution in [0.4, 0.5) is 13.2 Å². The molecule has 2 N–H and O–H groups in total. The summed E-state index contributed by atoms with van der Waals surface area (Å²) in [5.41, 5.74) is 4.90. The average molecular weight is 322 g/mol. The van der Waals surface area contributed by atoms with E-state index in [1.54, 1.807) is 0 Å². The van der Waals surface area contributed by atoms with Crippen molar-refractivity contribution in [3.63, 3.8) is 0 Å². The van der Waals surface area contributed by atoms with Crippen LogP contribution in [0, 0.1) is 5.92 Å². The molecule has 1 saturated heterocycles. The van der Waals surface area contributed by atoms with E-state index in [4.69, 9.17) is 5.73 Å². The standard InChI is InChI=1S/C13H17F3N2O2S/c1-9(17)10-6-7-18(8-10)21(19,20)12-4-2-11(3-5-12)13(14,15)16/h2-5,9-10H,6-8,17H2,1H3. The summed E-state index contributed by atoms with van der Waals surface area (Å²) in [6, 6.07) is 3.45. The molecule has 0 radical (unpaired) electrons. The molecule has 118 valence electrons. The summed E-state index contributed by atoms with van der Waals surface area (Å²) >= 11 is 0. The van der Waals surface area contributed by atoms with Crippen LogP contribution in [-0.4, -0.2) is 31.9 Å². The van der Waals surface area contributed by atoms with Crippen LogP contribution in [0.2, 0.25) is 0 Å². The minimum Gasteiger partial charge on any atom is -0.328 e. The number of benzene rings is 1. The van der Waals surface area contributed by atoms with Gasteiger partial charge in [-0.2, -0.15) is 17.5 Å². The average Bonchev–Trinajstić information content (AvgIpc) is 2.88. The Labute approximate surface area is 121 Å². The molecule has 1 aliphatic heterocycles. The van der Waals surface area contributed by atoms with Crippen molar-refractivity contribution >= 4 is 10.0 Å². The van der Waals surface area contributed by atoms with Gasteiger partial charge < -0.3 is 5.73 Å². The molecule has 0 saturated carbocycles. The molecule has 0 aliphatic carbocycles.